The summed E-state index contributed by atoms with van der Waals surface area (Å²) in [5.41, 5.74) is 5.59. The van der Waals surface area contributed by atoms with E-state index < -0.39 is 0 Å². The van der Waals surface area contributed by atoms with Gasteiger partial charge in [-0.2, -0.15) is 5.10 Å². The van der Waals surface area contributed by atoms with Gasteiger partial charge in [0.15, 0.2) is 0 Å². The van der Waals surface area contributed by atoms with Crippen LogP contribution in [0.3, 0.4) is 0 Å². The molecule has 2 N–H and O–H groups in total. The summed E-state index contributed by atoms with van der Waals surface area (Å²) >= 11 is 0. The minimum absolute atomic E-state index is 0.142. The van der Waals surface area contributed by atoms with Crippen LogP contribution in [-0.4, -0.2) is 24.0 Å². The Bertz CT molecular complexity index is 352. The number of aliphatic hydroxyl groups excluding tert-OH is 1. The summed E-state index contributed by atoms with van der Waals surface area (Å²) in [6.45, 7) is 0.690. The van der Waals surface area contributed by atoms with Crippen LogP contribution >= 0.6 is 0 Å². The van der Waals surface area contributed by atoms with Crippen molar-refractivity contribution in [3.8, 4) is 0 Å². The van der Waals surface area contributed by atoms with Gasteiger partial charge in [-0.05, 0) is 37.2 Å². The number of aliphatic hydroxyl groups is 1. The Morgan fingerprint density at radius 3 is 2.53 bits per heavy atom. The molecule has 1 aromatic carbocycles. The highest BCUT2D eigenvalue weighted by atomic mass is 16.3. The standard InChI is InChI=1S/C14H20N2O/c17-11-10-15-16-14-8-6-13(7-9-14)12-4-2-1-3-5-12/h1-5,13,15,17H,6-11H2. The summed E-state index contributed by atoms with van der Waals surface area (Å²) in [5.74, 6) is 0.688. The van der Waals surface area contributed by atoms with E-state index in [2.05, 4.69) is 40.9 Å². The van der Waals surface area contributed by atoms with Crippen LogP contribution in [-0.2, 0) is 0 Å². The first kappa shape index (κ1) is 12.1. The quantitative estimate of drug-likeness (QED) is 0.618. The zero-order valence-electron chi connectivity index (χ0n) is 10.1. The van der Waals surface area contributed by atoms with Crippen molar-refractivity contribution in [1.82, 2.24) is 5.43 Å². The van der Waals surface area contributed by atoms with Crippen LogP contribution in [0.1, 0.15) is 37.2 Å². The van der Waals surface area contributed by atoms with Crippen molar-refractivity contribution >= 4 is 5.71 Å². The molecular formula is C14H20N2O. The van der Waals surface area contributed by atoms with E-state index in [-0.39, 0.29) is 6.61 Å². The summed E-state index contributed by atoms with van der Waals surface area (Å²) in [6, 6.07) is 10.7. The number of nitrogens with one attached hydrogen (secondary N) is 1. The monoisotopic (exact) mass is 232 g/mol. The average molecular weight is 232 g/mol. The SMILES string of the molecule is OCCNN=C1CCC(c2ccccc2)CC1. The fourth-order valence-electron chi connectivity index (χ4n) is 2.34. The molecule has 0 spiro atoms. The number of rotatable bonds is 4. The van der Waals surface area contributed by atoms with Crippen molar-refractivity contribution in [2.45, 2.75) is 31.6 Å². The molecule has 0 unspecified atom stereocenters. The van der Waals surface area contributed by atoms with E-state index in [1.807, 2.05) is 0 Å². The molecule has 0 aromatic heterocycles. The first-order chi connectivity index (χ1) is 8.40. The molecule has 3 nitrogen and oxygen atoms in total. The average Bonchev–Trinajstić information content (AvgIpc) is 2.41. The Balaban J connectivity index is 1.84. The van der Waals surface area contributed by atoms with Gasteiger partial charge in [0.2, 0.25) is 0 Å². The van der Waals surface area contributed by atoms with Gasteiger partial charge < -0.3 is 10.5 Å². The topological polar surface area (TPSA) is 44.6 Å². The molecule has 1 aliphatic carbocycles. The lowest BCUT2D eigenvalue weighted by Crippen LogP contribution is -2.18. The summed E-state index contributed by atoms with van der Waals surface area (Å²) in [5, 5.41) is 13.0. The first-order valence-corrected chi connectivity index (χ1v) is 6.34. The molecule has 0 radical (unpaired) electrons. The molecule has 0 heterocycles. The lowest BCUT2D eigenvalue weighted by Gasteiger charge is -2.23. The van der Waals surface area contributed by atoms with E-state index in [4.69, 9.17) is 5.11 Å². The summed E-state index contributed by atoms with van der Waals surface area (Å²) in [4.78, 5) is 0. The minimum atomic E-state index is 0.142. The van der Waals surface area contributed by atoms with Crippen molar-refractivity contribution in [2.24, 2.45) is 5.10 Å². The van der Waals surface area contributed by atoms with Gasteiger partial charge in [-0.1, -0.05) is 30.3 Å². The molecule has 0 saturated heterocycles. The summed E-state index contributed by atoms with van der Waals surface area (Å²) in [7, 11) is 0. The molecule has 0 aliphatic heterocycles. The fraction of sp³-hybridized carbons (Fsp3) is 0.500. The van der Waals surface area contributed by atoms with Crippen molar-refractivity contribution in [3.63, 3.8) is 0 Å². The molecule has 1 aliphatic rings. The predicted octanol–water partition coefficient (Wildman–Crippen LogP) is 2.28. The van der Waals surface area contributed by atoms with Gasteiger partial charge in [0.25, 0.3) is 0 Å². The highest BCUT2D eigenvalue weighted by Crippen LogP contribution is 2.31. The van der Waals surface area contributed by atoms with E-state index in [1.165, 1.54) is 24.1 Å². The van der Waals surface area contributed by atoms with Crippen LogP contribution in [0.25, 0.3) is 0 Å². The zero-order chi connectivity index (χ0) is 11.9. The molecule has 0 atom stereocenters. The molecular weight excluding hydrogens is 212 g/mol. The number of hydrogen-bond donors (Lipinski definition) is 2. The van der Waals surface area contributed by atoms with Crippen LogP contribution in [0.5, 0.6) is 0 Å². The first-order valence-electron chi connectivity index (χ1n) is 6.34. The molecule has 2 rings (SSSR count). The Labute approximate surface area is 103 Å². The normalized spacial score (nSPS) is 20.1. The van der Waals surface area contributed by atoms with Gasteiger partial charge in [0.05, 0.1) is 13.2 Å². The van der Waals surface area contributed by atoms with Gasteiger partial charge in [-0.3, -0.25) is 0 Å². The van der Waals surface area contributed by atoms with Gasteiger partial charge in [0.1, 0.15) is 0 Å². The molecule has 92 valence electrons. The highest BCUT2D eigenvalue weighted by molar-refractivity contribution is 5.85. The van der Waals surface area contributed by atoms with Crippen molar-refractivity contribution in [1.29, 1.82) is 0 Å². The molecule has 0 bridgehead atoms. The maximum atomic E-state index is 8.65. The molecule has 17 heavy (non-hydrogen) atoms. The molecule has 1 fully saturated rings. The van der Waals surface area contributed by atoms with Crippen LogP contribution in [0.4, 0.5) is 0 Å². The maximum absolute atomic E-state index is 8.65. The maximum Gasteiger partial charge on any atom is 0.0620 e. The second-order valence-electron chi connectivity index (χ2n) is 4.49. The molecule has 0 amide bonds. The summed E-state index contributed by atoms with van der Waals surface area (Å²) < 4.78 is 0. The lowest BCUT2D eigenvalue weighted by molar-refractivity contribution is 0.293. The van der Waals surface area contributed by atoms with E-state index in [0.29, 0.717) is 12.5 Å². The Morgan fingerprint density at radius 2 is 1.88 bits per heavy atom. The summed E-state index contributed by atoms with van der Waals surface area (Å²) in [6.07, 6.45) is 4.50. The van der Waals surface area contributed by atoms with Gasteiger partial charge in [-0.25, -0.2) is 0 Å². The second kappa shape index (κ2) is 6.40. The van der Waals surface area contributed by atoms with E-state index in [9.17, 15) is 0 Å². The third kappa shape index (κ3) is 3.56. The van der Waals surface area contributed by atoms with Gasteiger partial charge >= 0.3 is 0 Å². The second-order valence-corrected chi connectivity index (χ2v) is 4.49. The van der Waals surface area contributed by atoms with E-state index >= 15 is 0 Å². The van der Waals surface area contributed by atoms with Crippen molar-refractivity contribution in [3.05, 3.63) is 35.9 Å². The Hall–Kier alpha value is -1.35. The third-order valence-corrected chi connectivity index (χ3v) is 3.29. The van der Waals surface area contributed by atoms with Gasteiger partial charge in [0, 0.05) is 5.71 Å². The largest absolute Gasteiger partial charge is 0.394 e. The van der Waals surface area contributed by atoms with E-state index in [1.54, 1.807) is 0 Å². The minimum Gasteiger partial charge on any atom is -0.394 e. The van der Waals surface area contributed by atoms with Crippen LogP contribution in [0.15, 0.2) is 35.4 Å². The predicted molar refractivity (Wildman–Crippen MR) is 70.2 cm³/mol. The molecule has 1 saturated carbocycles. The number of hydrogen-bond acceptors (Lipinski definition) is 3. The van der Waals surface area contributed by atoms with Gasteiger partial charge in [-0.15, -0.1) is 0 Å². The number of benzene rings is 1. The highest BCUT2D eigenvalue weighted by Gasteiger charge is 2.18. The van der Waals surface area contributed by atoms with Crippen molar-refractivity contribution in [2.75, 3.05) is 13.2 Å². The molecule has 1 aromatic rings. The van der Waals surface area contributed by atoms with Crippen LogP contribution in [0, 0.1) is 0 Å². The van der Waals surface area contributed by atoms with Crippen LogP contribution in [0.2, 0.25) is 0 Å². The Kier molecular flexibility index (Phi) is 4.56. The Morgan fingerprint density at radius 1 is 1.18 bits per heavy atom. The smallest absolute Gasteiger partial charge is 0.0620 e. The van der Waals surface area contributed by atoms with Crippen LogP contribution < -0.4 is 5.43 Å². The number of hydrazone groups is 1. The molecule has 3 heteroatoms. The lowest BCUT2D eigenvalue weighted by atomic mass is 9.83. The fourth-order valence-corrected chi connectivity index (χ4v) is 2.34. The third-order valence-electron chi connectivity index (χ3n) is 3.29. The zero-order valence-corrected chi connectivity index (χ0v) is 10.1. The van der Waals surface area contributed by atoms with Crippen molar-refractivity contribution < 1.29 is 5.11 Å². The van der Waals surface area contributed by atoms with E-state index in [0.717, 1.165) is 12.8 Å². The number of nitrogens with zero attached hydrogens (tertiary/aromatic N) is 1.